The Balaban J connectivity index is 1.59. The summed E-state index contributed by atoms with van der Waals surface area (Å²) >= 11 is 1.50. The molecule has 1 N–H and O–H groups in total. The summed E-state index contributed by atoms with van der Waals surface area (Å²) < 4.78 is 6.94. The SMILES string of the molecule is Cc1cccc([C@@H](c2sc3nc(-c4ccco4)nn3c2O)N2CCC(C)CC2)c1. The molecule has 0 bridgehead atoms. The molecule has 0 radical (unpaired) electrons. The number of hydrogen-bond donors (Lipinski definition) is 1. The van der Waals surface area contributed by atoms with Crippen molar-refractivity contribution in [2.24, 2.45) is 5.92 Å². The number of furan rings is 1. The van der Waals surface area contributed by atoms with Crippen LogP contribution in [0.4, 0.5) is 0 Å². The molecule has 6 nitrogen and oxygen atoms in total. The van der Waals surface area contributed by atoms with Crippen molar-refractivity contribution in [3.8, 4) is 17.5 Å². The highest BCUT2D eigenvalue weighted by atomic mass is 32.1. The minimum atomic E-state index is 0.00274. The molecule has 5 rings (SSSR count). The second-order valence-corrected chi connectivity index (χ2v) is 8.94. The second kappa shape index (κ2) is 7.31. The molecular weight excluding hydrogens is 384 g/mol. The van der Waals surface area contributed by atoms with E-state index in [1.165, 1.54) is 39.8 Å². The predicted molar refractivity (Wildman–Crippen MR) is 113 cm³/mol. The van der Waals surface area contributed by atoms with E-state index < -0.39 is 0 Å². The zero-order valence-electron chi connectivity index (χ0n) is 16.6. The van der Waals surface area contributed by atoms with Crippen molar-refractivity contribution in [2.45, 2.75) is 32.7 Å². The van der Waals surface area contributed by atoms with Crippen LogP contribution in [0.2, 0.25) is 0 Å². The zero-order chi connectivity index (χ0) is 20.0. The number of aromatic hydroxyl groups is 1. The third kappa shape index (κ3) is 3.34. The fraction of sp³-hybridized carbons (Fsp3) is 0.364. The lowest BCUT2D eigenvalue weighted by Gasteiger charge is -2.36. The minimum Gasteiger partial charge on any atom is -0.492 e. The standard InChI is InChI=1S/C22H24N4O2S/c1-14-8-10-25(11-9-14)18(16-6-3-5-15(2)13-16)19-21(27)26-22(29-19)23-20(24-26)17-7-4-12-28-17/h3-7,12-14,18,27H,8-11H2,1-2H3/t18-/m0/s1. The number of piperidine rings is 1. The van der Waals surface area contributed by atoms with Gasteiger partial charge in [0.2, 0.25) is 16.7 Å². The Morgan fingerprint density at radius 1 is 1.21 bits per heavy atom. The Morgan fingerprint density at radius 2 is 2.03 bits per heavy atom. The quantitative estimate of drug-likeness (QED) is 0.521. The Hall–Kier alpha value is -2.64. The van der Waals surface area contributed by atoms with Crippen LogP contribution >= 0.6 is 11.3 Å². The lowest BCUT2D eigenvalue weighted by Crippen LogP contribution is -2.36. The van der Waals surface area contributed by atoms with Gasteiger partial charge in [-0.1, -0.05) is 48.1 Å². The van der Waals surface area contributed by atoms with Crippen molar-refractivity contribution in [1.82, 2.24) is 19.5 Å². The van der Waals surface area contributed by atoms with Crippen molar-refractivity contribution < 1.29 is 9.52 Å². The summed E-state index contributed by atoms with van der Waals surface area (Å²) in [6, 6.07) is 12.2. The number of thiazole rings is 1. The van der Waals surface area contributed by atoms with Gasteiger partial charge in [-0.25, -0.2) is 0 Å². The van der Waals surface area contributed by atoms with Gasteiger partial charge in [-0.05, 0) is 56.5 Å². The normalized spacial score (nSPS) is 17.2. The predicted octanol–water partition coefficient (Wildman–Crippen LogP) is 4.89. The van der Waals surface area contributed by atoms with Gasteiger partial charge < -0.3 is 9.52 Å². The van der Waals surface area contributed by atoms with Crippen LogP contribution < -0.4 is 0 Å². The highest BCUT2D eigenvalue weighted by Gasteiger charge is 2.31. The third-order valence-electron chi connectivity index (χ3n) is 5.73. The summed E-state index contributed by atoms with van der Waals surface area (Å²) in [7, 11) is 0. The first-order valence-electron chi connectivity index (χ1n) is 10.0. The van der Waals surface area contributed by atoms with Crippen molar-refractivity contribution in [3.05, 3.63) is 58.7 Å². The van der Waals surface area contributed by atoms with Crippen LogP contribution in [0.3, 0.4) is 0 Å². The maximum absolute atomic E-state index is 11.1. The fourth-order valence-electron chi connectivity index (χ4n) is 4.09. The zero-order valence-corrected chi connectivity index (χ0v) is 17.4. The van der Waals surface area contributed by atoms with Gasteiger partial charge in [-0.3, -0.25) is 4.90 Å². The summed E-state index contributed by atoms with van der Waals surface area (Å²) in [6.07, 6.45) is 3.94. The van der Waals surface area contributed by atoms with Crippen LogP contribution in [0.15, 0.2) is 47.1 Å². The van der Waals surface area contributed by atoms with E-state index in [1.807, 2.05) is 6.07 Å². The number of aromatic nitrogens is 3. The number of hydrogen-bond acceptors (Lipinski definition) is 6. The summed E-state index contributed by atoms with van der Waals surface area (Å²) in [4.78, 5) is 8.63. The van der Waals surface area contributed by atoms with Crippen molar-refractivity contribution in [1.29, 1.82) is 0 Å². The molecule has 1 fully saturated rings. The van der Waals surface area contributed by atoms with Crippen molar-refractivity contribution >= 4 is 16.3 Å². The van der Waals surface area contributed by atoms with E-state index in [1.54, 1.807) is 12.3 Å². The first-order chi connectivity index (χ1) is 14.1. The van der Waals surface area contributed by atoms with Crippen molar-refractivity contribution in [2.75, 3.05) is 13.1 Å². The van der Waals surface area contributed by atoms with E-state index in [-0.39, 0.29) is 11.9 Å². The Kier molecular flexibility index (Phi) is 4.64. The van der Waals surface area contributed by atoms with Crippen LogP contribution in [0.5, 0.6) is 5.88 Å². The molecule has 7 heteroatoms. The van der Waals surface area contributed by atoms with Crippen LogP contribution in [0.1, 0.15) is 41.8 Å². The van der Waals surface area contributed by atoms with Crippen LogP contribution in [-0.2, 0) is 0 Å². The highest BCUT2D eigenvalue weighted by molar-refractivity contribution is 7.17. The van der Waals surface area contributed by atoms with Crippen LogP contribution in [0, 0.1) is 12.8 Å². The van der Waals surface area contributed by atoms with E-state index in [0.29, 0.717) is 16.5 Å². The van der Waals surface area contributed by atoms with Crippen LogP contribution in [0.25, 0.3) is 16.5 Å². The van der Waals surface area contributed by atoms with Gasteiger partial charge in [0.25, 0.3) is 0 Å². The molecule has 1 atom stereocenters. The average molecular weight is 409 g/mol. The number of rotatable bonds is 4. The van der Waals surface area contributed by atoms with Gasteiger partial charge >= 0.3 is 0 Å². The smallest absolute Gasteiger partial charge is 0.230 e. The monoisotopic (exact) mass is 408 g/mol. The lowest BCUT2D eigenvalue weighted by atomic mass is 9.94. The molecule has 0 saturated carbocycles. The molecule has 0 aliphatic carbocycles. The van der Waals surface area contributed by atoms with E-state index >= 15 is 0 Å². The van der Waals surface area contributed by atoms with E-state index in [4.69, 9.17) is 4.42 Å². The lowest BCUT2D eigenvalue weighted by molar-refractivity contribution is 0.157. The second-order valence-electron chi connectivity index (χ2n) is 7.93. The number of nitrogens with zero attached hydrogens (tertiary/aromatic N) is 4. The number of likely N-dealkylation sites (tertiary alicyclic amines) is 1. The first kappa shape index (κ1) is 18.4. The Morgan fingerprint density at radius 3 is 2.72 bits per heavy atom. The molecule has 0 unspecified atom stereocenters. The third-order valence-corrected chi connectivity index (χ3v) is 6.80. The number of benzene rings is 1. The molecule has 4 heterocycles. The molecule has 1 saturated heterocycles. The van der Waals surface area contributed by atoms with Gasteiger partial charge in [-0.15, -0.1) is 5.10 Å². The topological polar surface area (TPSA) is 66.8 Å². The van der Waals surface area contributed by atoms with Gasteiger partial charge in [0.05, 0.1) is 17.2 Å². The van der Waals surface area contributed by atoms with E-state index in [9.17, 15) is 5.11 Å². The van der Waals surface area contributed by atoms with Crippen molar-refractivity contribution in [3.63, 3.8) is 0 Å². The van der Waals surface area contributed by atoms with Gasteiger partial charge in [0.1, 0.15) is 0 Å². The first-order valence-corrected chi connectivity index (χ1v) is 10.8. The maximum atomic E-state index is 11.1. The summed E-state index contributed by atoms with van der Waals surface area (Å²) in [6.45, 7) is 6.46. The fourth-order valence-corrected chi connectivity index (χ4v) is 5.21. The number of fused-ring (bicyclic) bond motifs is 1. The summed E-state index contributed by atoms with van der Waals surface area (Å²) in [5, 5.41) is 15.6. The molecule has 1 aliphatic rings. The summed E-state index contributed by atoms with van der Waals surface area (Å²) in [5.74, 6) is 2.00. The maximum Gasteiger partial charge on any atom is 0.230 e. The minimum absolute atomic E-state index is 0.00274. The molecular formula is C22H24N4O2S. The molecule has 4 aromatic rings. The Bertz CT molecular complexity index is 1120. The van der Waals surface area contributed by atoms with Gasteiger partial charge in [0.15, 0.2) is 5.76 Å². The summed E-state index contributed by atoms with van der Waals surface area (Å²) in [5.41, 5.74) is 2.42. The molecule has 1 aromatic carbocycles. The Labute approximate surface area is 173 Å². The largest absolute Gasteiger partial charge is 0.492 e. The van der Waals surface area contributed by atoms with Gasteiger partial charge in [0, 0.05) is 0 Å². The molecule has 1 aliphatic heterocycles. The van der Waals surface area contributed by atoms with E-state index in [0.717, 1.165) is 23.9 Å². The molecule has 3 aromatic heterocycles. The highest BCUT2D eigenvalue weighted by Crippen LogP contribution is 2.41. The van der Waals surface area contributed by atoms with E-state index in [2.05, 4.69) is 53.1 Å². The van der Waals surface area contributed by atoms with Gasteiger partial charge in [-0.2, -0.15) is 9.50 Å². The number of aryl methyl sites for hydroxylation is 1. The molecule has 0 spiro atoms. The molecule has 29 heavy (non-hydrogen) atoms. The van der Waals surface area contributed by atoms with Crippen LogP contribution in [-0.4, -0.2) is 37.7 Å². The molecule has 150 valence electrons. The average Bonchev–Trinajstić information content (AvgIpc) is 3.43. The molecule has 0 amide bonds.